The van der Waals surface area contributed by atoms with Crippen molar-refractivity contribution < 1.29 is 0 Å². The van der Waals surface area contributed by atoms with E-state index >= 15 is 0 Å². The number of hydrogen-bond donors (Lipinski definition) is 1. The van der Waals surface area contributed by atoms with E-state index in [1.165, 1.54) is 6.07 Å². The summed E-state index contributed by atoms with van der Waals surface area (Å²) in [5.74, 6) is 0. The zero-order valence-electron chi connectivity index (χ0n) is 7.50. The zero-order valence-corrected chi connectivity index (χ0v) is 9.84. The quantitative estimate of drug-likeness (QED) is 0.876. The molecule has 0 amide bonds. The van der Waals surface area contributed by atoms with E-state index in [2.05, 4.69) is 26.1 Å². The Labute approximate surface area is 99.2 Å². The molecule has 0 aliphatic rings. The number of H-pyrrole nitrogens is 1. The summed E-state index contributed by atoms with van der Waals surface area (Å²) >= 11 is 8.92. The lowest BCUT2D eigenvalue weighted by atomic mass is 10.1. The minimum absolute atomic E-state index is 0.193. The van der Waals surface area contributed by atoms with Gasteiger partial charge in [0.2, 0.25) is 5.43 Å². The summed E-state index contributed by atoms with van der Waals surface area (Å²) in [5.41, 5.74) is 0.934. The molecule has 0 spiro atoms. The SMILES string of the molecule is O=c1cc(Cl)[nH]nc1-c1ccc(Br)cc1. The molecule has 5 heteroatoms. The summed E-state index contributed by atoms with van der Waals surface area (Å²) in [4.78, 5) is 11.5. The summed E-state index contributed by atoms with van der Waals surface area (Å²) in [5, 5.41) is 6.69. The van der Waals surface area contributed by atoms with Crippen LogP contribution in [0.4, 0.5) is 0 Å². The standard InChI is InChI=1S/C10H6BrClN2O/c11-7-3-1-6(2-4-7)10-8(15)5-9(12)13-14-10/h1-5H,(H,13,15). The maximum atomic E-state index is 11.5. The van der Waals surface area contributed by atoms with Crippen LogP contribution in [0.15, 0.2) is 39.6 Å². The third-order valence-electron chi connectivity index (χ3n) is 1.88. The van der Waals surface area contributed by atoms with E-state index in [0.717, 1.165) is 10.0 Å². The molecule has 1 aromatic carbocycles. The van der Waals surface area contributed by atoms with E-state index in [1.54, 1.807) is 0 Å². The summed E-state index contributed by atoms with van der Waals surface area (Å²) in [6.45, 7) is 0. The lowest BCUT2D eigenvalue weighted by molar-refractivity contribution is 1.03. The Kier molecular flexibility index (Phi) is 2.88. The van der Waals surface area contributed by atoms with Gasteiger partial charge in [-0.15, -0.1) is 0 Å². The first-order valence-corrected chi connectivity index (χ1v) is 5.35. The predicted octanol–water partition coefficient (Wildman–Crippen LogP) is 2.85. The lowest BCUT2D eigenvalue weighted by Gasteiger charge is -1.99. The Morgan fingerprint density at radius 2 is 1.93 bits per heavy atom. The lowest BCUT2D eigenvalue weighted by Crippen LogP contribution is -2.07. The first kappa shape index (κ1) is 10.4. The molecule has 0 fully saturated rings. The van der Waals surface area contributed by atoms with Crippen LogP contribution in [0, 0.1) is 0 Å². The normalized spacial score (nSPS) is 10.3. The van der Waals surface area contributed by atoms with Crippen molar-refractivity contribution >= 4 is 27.5 Å². The van der Waals surface area contributed by atoms with Crippen molar-refractivity contribution in [2.24, 2.45) is 0 Å². The van der Waals surface area contributed by atoms with Crippen molar-refractivity contribution in [1.82, 2.24) is 10.2 Å². The van der Waals surface area contributed by atoms with Crippen molar-refractivity contribution in [3.8, 4) is 11.3 Å². The molecule has 2 rings (SSSR count). The maximum absolute atomic E-state index is 11.5. The van der Waals surface area contributed by atoms with Crippen LogP contribution in [0.1, 0.15) is 0 Å². The molecule has 1 heterocycles. The summed E-state index contributed by atoms with van der Waals surface area (Å²) < 4.78 is 0.955. The van der Waals surface area contributed by atoms with Crippen LogP contribution in [0.2, 0.25) is 5.15 Å². The molecule has 0 aliphatic carbocycles. The number of nitrogens with zero attached hydrogens (tertiary/aromatic N) is 1. The predicted molar refractivity (Wildman–Crippen MR) is 63.0 cm³/mol. The highest BCUT2D eigenvalue weighted by molar-refractivity contribution is 9.10. The molecule has 15 heavy (non-hydrogen) atoms. The molecule has 0 unspecified atom stereocenters. The van der Waals surface area contributed by atoms with E-state index < -0.39 is 0 Å². The molecule has 0 radical (unpaired) electrons. The molecule has 0 atom stereocenters. The van der Waals surface area contributed by atoms with Crippen LogP contribution >= 0.6 is 27.5 Å². The fraction of sp³-hybridized carbons (Fsp3) is 0. The van der Waals surface area contributed by atoms with Gasteiger partial charge < -0.3 is 0 Å². The highest BCUT2D eigenvalue weighted by Gasteiger charge is 2.04. The van der Waals surface area contributed by atoms with Gasteiger partial charge in [-0.05, 0) is 12.1 Å². The van der Waals surface area contributed by atoms with Gasteiger partial charge in [0.15, 0.2) is 0 Å². The van der Waals surface area contributed by atoms with E-state index in [1.807, 2.05) is 24.3 Å². The fourth-order valence-corrected chi connectivity index (χ4v) is 1.60. The second-order valence-electron chi connectivity index (χ2n) is 2.94. The van der Waals surface area contributed by atoms with Crippen molar-refractivity contribution in [1.29, 1.82) is 0 Å². The highest BCUT2D eigenvalue weighted by atomic mass is 79.9. The third-order valence-corrected chi connectivity index (χ3v) is 2.61. The average Bonchev–Trinajstić information content (AvgIpc) is 2.20. The van der Waals surface area contributed by atoms with Crippen molar-refractivity contribution in [2.45, 2.75) is 0 Å². The van der Waals surface area contributed by atoms with Crippen molar-refractivity contribution in [3.63, 3.8) is 0 Å². The van der Waals surface area contributed by atoms with E-state index in [9.17, 15) is 4.79 Å². The molecular formula is C10H6BrClN2O. The number of nitrogens with one attached hydrogen (secondary N) is 1. The largest absolute Gasteiger partial charge is 0.287 e. The number of aromatic amines is 1. The minimum Gasteiger partial charge on any atom is -0.287 e. The molecular weight excluding hydrogens is 279 g/mol. The maximum Gasteiger partial charge on any atom is 0.209 e. The van der Waals surface area contributed by atoms with Crippen molar-refractivity contribution in [3.05, 3.63) is 50.2 Å². The third kappa shape index (κ3) is 2.27. The van der Waals surface area contributed by atoms with Gasteiger partial charge in [-0.3, -0.25) is 9.89 Å². The van der Waals surface area contributed by atoms with Crippen LogP contribution < -0.4 is 5.43 Å². The Balaban J connectivity index is 2.55. The van der Waals surface area contributed by atoms with Crippen molar-refractivity contribution in [2.75, 3.05) is 0 Å². The Hall–Kier alpha value is -1.13. The van der Waals surface area contributed by atoms with Crippen LogP contribution in [0.3, 0.4) is 0 Å². The smallest absolute Gasteiger partial charge is 0.209 e. The Morgan fingerprint density at radius 1 is 1.27 bits per heavy atom. The molecule has 3 nitrogen and oxygen atoms in total. The molecule has 2 aromatic rings. The molecule has 0 aliphatic heterocycles. The zero-order chi connectivity index (χ0) is 10.8. The number of benzene rings is 1. The van der Waals surface area contributed by atoms with E-state index in [-0.39, 0.29) is 10.6 Å². The number of halogens is 2. The van der Waals surface area contributed by atoms with Crippen LogP contribution in [-0.4, -0.2) is 10.2 Å². The fourth-order valence-electron chi connectivity index (χ4n) is 1.19. The van der Waals surface area contributed by atoms with Gasteiger partial charge in [0.1, 0.15) is 10.8 Å². The first-order valence-electron chi connectivity index (χ1n) is 4.18. The van der Waals surface area contributed by atoms with E-state index in [0.29, 0.717) is 5.69 Å². The molecule has 0 saturated carbocycles. The van der Waals surface area contributed by atoms with Crippen LogP contribution in [0.5, 0.6) is 0 Å². The van der Waals surface area contributed by atoms with Gasteiger partial charge >= 0.3 is 0 Å². The number of rotatable bonds is 1. The topological polar surface area (TPSA) is 45.8 Å². The summed E-state index contributed by atoms with van der Waals surface area (Å²) in [6.07, 6.45) is 0. The van der Waals surface area contributed by atoms with Crippen LogP contribution in [-0.2, 0) is 0 Å². The highest BCUT2D eigenvalue weighted by Crippen LogP contribution is 2.17. The van der Waals surface area contributed by atoms with Crippen LogP contribution in [0.25, 0.3) is 11.3 Å². The molecule has 0 bridgehead atoms. The molecule has 1 N–H and O–H groups in total. The van der Waals surface area contributed by atoms with Gasteiger partial charge in [-0.1, -0.05) is 39.7 Å². The van der Waals surface area contributed by atoms with Gasteiger partial charge in [0.25, 0.3) is 0 Å². The second kappa shape index (κ2) is 4.16. The van der Waals surface area contributed by atoms with Gasteiger partial charge in [-0.25, -0.2) is 0 Å². The van der Waals surface area contributed by atoms with E-state index in [4.69, 9.17) is 11.6 Å². The first-order chi connectivity index (χ1) is 7.16. The molecule has 1 aromatic heterocycles. The number of aromatic nitrogens is 2. The summed E-state index contributed by atoms with van der Waals surface area (Å²) in [7, 11) is 0. The van der Waals surface area contributed by atoms with Gasteiger partial charge in [0.05, 0.1) is 0 Å². The minimum atomic E-state index is -0.193. The Bertz CT molecular complexity index is 536. The average molecular weight is 286 g/mol. The molecule has 76 valence electrons. The second-order valence-corrected chi connectivity index (χ2v) is 4.26. The summed E-state index contributed by atoms with van der Waals surface area (Å²) in [6, 6.07) is 8.65. The van der Waals surface area contributed by atoms with Gasteiger partial charge in [0, 0.05) is 16.1 Å². The number of hydrogen-bond acceptors (Lipinski definition) is 2. The monoisotopic (exact) mass is 284 g/mol. The van der Waals surface area contributed by atoms with Gasteiger partial charge in [-0.2, -0.15) is 5.10 Å². The molecule has 0 saturated heterocycles. The Morgan fingerprint density at radius 3 is 2.53 bits per heavy atom.